The maximum Gasteiger partial charge on any atom is 0.307 e. The van der Waals surface area contributed by atoms with Crippen molar-refractivity contribution in [1.82, 2.24) is 19.7 Å². The zero-order chi connectivity index (χ0) is 13.2. The van der Waals surface area contributed by atoms with Gasteiger partial charge in [-0.25, -0.2) is 0 Å². The first kappa shape index (κ1) is 13.0. The molecule has 0 atom stereocenters. The van der Waals surface area contributed by atoms with E-state index in [0.29, 0.717) is 13.0 Å². The molecule has 0 fully saturated rings. The maximum absolute atomic E-state index is 11.6. The second-order valence-electron chi connectivity index (χ2n) is 5.55. The summed E-state index contributed by atoms with van der Waals surface area (Å²) in [5, 5.41) is 7.93. The molecule has 6 nitrogen and oxygen atoms in total. The van der Waals surface area contributed by atoms with Gasteiger partial charge in [0.25, 0.3) is 0 Å². The van der Waals surface area contributed by atoms with Gasteiger partial charge in [-0.3, -0.25) is 9.69 Å². The van der Waals surface area contributed by atoms with Gasteiger partial charge in [0.15, 0.2) is 0 Å². The second-order valence-corrected chi connectivity index (χ2v) is 5.55. The summed E-state index contributed by atoms with van der Waals surface area (Å²) >= 11 is 0. The molecule has 1 aromatic rings. The average Bonchev–Trinajstić information content (AvgIpc) is 2.71. The number of rotatable bonds is 3. The molecule has 0 N–H and O–H groups in total. The van der Waals surface area contributed by atoms with E-state index in [-0.39, 0.29) is 5.97 Å². The summed E-state index contributed by atoms with van der Waals surface area (Å²) in [6.45, 7) is 8.92. The molecule has 0 spiro atoms. The summed E-state index contributed by atoms with van der Waals surface area (Å²) in [5.74, 6) is 0.819. The van der Waals surface area contributed by atoms with Gasteiger partial charge in [0.1, 0.15) is 17.8 Å². The molecule has 1 aromatic heterocycles. The van der Waals surface area contributed by atoms with Crippen molar-refractivity contribution >= 4 is 5.97 Å². The number of nitrogens with zero attached hydrogens (tertiary/aromatic N) is 4. The van der Waals surface area contributed by atoms with E-state index in [0.717, 1.165) is 25.5 Å². The van der Waals surface area contributed by atoms with E-state index < -0.39 is 5.60 Å². The van der Waals surface area contributed by atoms with Crippen LogP contribution in [0.25, 0.3) is 0 Å². The molecule has 0 saturated heterocycles. The molecule has 2 heterocycles. The predicted molar refractivity (Wildman–Crippen MR) is 65.8 cm³/mol. The number of esters is 1. The third kappa shape index (κ3) is 3.53. The van der Waals surface area contributed by atoms with E-state index >= 15 is 0 Å². The lowest BCUT2D eigenvalue weighted by atomic mass is 10.2. The lowest BCUT2D eigenvalue weighted by Crippen LogP contribution is -2.36. The summed E-state index contributed by atoms with van der Waals surface area (Å²) < 4.78 is 7.33. The van der Waals surface area contributed by atoms with Gasteiger partial charge in [-0.05, 0) is 20.8 Å². The predicted octanol–water partition coefficient (Wildman–Crippen LogP) is 0.825. The summed E-state index contributed by atoms with van der Waals surface area (Å²) in [5.41, 5.74) is -0.404. The molecular formula is C12H20N4O2. The Labute approximate surface area is 107 Å². The quantitative estimate of drug-likeness (QED) is 0.746. The Hall–Kier alpha value is -1.43. The first-order valence-electron chi connectivity index (χ1n) is 6.25. The molecule has 0 aromatic carbocycles. The Morgan fingerprint density at radius 1 is 1.44 bits per heavy atom. The third-order valence-electron chi connectivity index (χ3n) is 2.77. The molecule has 0 unspecified atom stereocenters. The fourth-order valence-electron chi connectivity index (χ4n) is 1.95. The van der Waals surface area contributed by atoms with Crippen LogP contribution in [-0.4, -0.2) is 44.3 Å². The van der Waals surface area contributed by atoms with Crippen molar-refractivity contribution in [3.05, 3.63) is 12.2 Å². The number of hydrogen-bond acceptors (Lipinski definition) is 5. The first-order chi connectivity index (χ1) is 8.44. The Bertz CT molecular complexity index is 422. The topological polar surface area (TPSA) is 60.2 Å². The molecule has 100 valence electrons. The molecule has 0 amide bonds. The van der Waals surface area contributed by atoms with Crippen molar-refractivity contribution in [2.24, 2.45) is 0 Å². The van der Waals surface area contributed by atoms with Crippen LogP contribution in [-0.2, 0) is 22.6 Å². The molecule has 0 radical (unpaired) electrons. The van der Waals surface area contributed by atoms with Crippen LogP contribution in [0.1, 0.15) is 33.0 Å². The van der Waals surface area contributed by atoms with Crippen LogP contribution in [0.4, 0.5) is 0 Å². The maximum atomic E-state index is 11.6. The Balaban J connectivity index is 1.77. The SMILES string of the molecule is CC(C)(C)OC(=O)CCN1CCn2cnnc2C1. The smallest absolute Gasteiger partial charge is 0.307 e. The molecule has 0 aliphatic carbocycles. The zero-order valence-electron chi connectivity index (χ0n) is 11.2. The minimum atomic E-state index is -0.404. The van der Waals surface area contributed by atoms with E-state index in [2.05, 4.69) is 15.1 Å². The van der Waals surface area contributed by atoms with Gasteiger partial charge >= 0.3 is 5.97 Å². The average molecular weight is 252 g/mol. The van der Waals surface area contributed by atoms with Crippen molar-refractivity contribution in [3.63, 3.8) is 0 Å². The van der Waals surface area contributed by atoms with Gasteiger partial charge in [0.05, 0.1) is 13.0 Å². The second kappa shape index (κ2) is 5.06. The van der Waals surface area contributed by atoms with E-state index in [1.54, 1.807) is 6.33 Å². The monoisotopic (exact) mass is 252 g/mol. The number of carbonyl (C=O) groups excluding carboxylic acids is 1. The van der Waals surface area contributed by atoms with Crippen molar-refractivity contribution < 1.29 is 9.53 Å². The van der Waals surface area contributed by atoms with Crippen LogP contribution < -0.4 is 0 Å². The first-order valence-corrected chi connectivity index (χ1v) is 6.25. The largest absolute Gasteiger partial charge is 0.460 e. The number of fused-ring (bicyclic) bond motifs is 1. The Morgan fingerprint density at radius 2 is 2.22 bits per heavy atom. The lowest BCUT2D eigenvalue weighted by molar-refractivity contribution is -0.155. The molecule has 18 heavy (non-hydrogen) atoms. The standard InChI is InChI=1S/C12H20N4O2/c1-12(2,3)18-11(17)4-5-15-6-7-16-9-13-14-10(16)8-15/h9H,4-8H2,1-3H3. The number of aromatic nitrogens is 3. The van der Waals surface area contributed by atoms with Crippen molar-refractivity contribution in [3.8, 4) is 0 Å². The van der Waals surface area contributed by atoms with Crippen LogP contribution in [0.5, 0.6) is 0 Å². The minimum Gasteiger partial charge on any atom is -0.460 e. The van der Waals surface area contributed by atoms with E-state index in [1.807, 2.05) is 25.3 Å². The highest BCUT2D eigenvalue weighted by Crippen LogP contribution is 2.11. The van der Waals surface area contributed by atoms with E-state index in [1.165, 1.54) is 0 Å². The van der Waals surface area contributed by atoms with Crippen LogP contribution in [0.2, 0.25) is 0 Å². The van der Waals surface area contributed by atoms with Gasteiger partial charge in [-0.1, -0.05) is 0 Å². The van der Waals surface area contributed by atoms with Gasteiger partial charge in [-0.15, -0.1) is 10.2 Å². The summed E-state index contributed by atoms with van der Waals surface area (Å²) in [6, 6.07) is 0. The Kier molecular flexibility index (Phi) is 3.65. The molecule has 1 aliphatic heterocycles. The fourth-order valence-corrected chi connectivity index (χ4v) is 1.95. The molecule has 6 heteroatoms. The van der Waals surface area contributed by atoms with Crippen LogP contribution in [0.3, 0.4) is 0 Å². The number of hydrogen-bond donors (Lipinski definition) is 0. The van der Waals surface area contributed by atoms with Crippen molar-refractivity contribution in [1.29, 1.82) is 0 Å². The summed E-state index contributed by atoms with van der Waals surface area (Å²) in [7, 11) is 0. The molecule has 2 rings (SSSR count). The summed E-state index contributed by atoms with van der Waals surface area (Å²) in [4.78, 5) is 13.8. The van der Waals surface area contributed by atoms with E-state index in [9.17, 15) is 4.79 Å². The van der Waals surface area contributed by atoms with Crippen molar-refractivity contribution in [2.75, 3.05) is 13.1 Å². The van der Waals surface area contributed by atoms with Gasteiger partial charge in [0, 0.05) is 19.6 Å². The van der Waals surface area contributed by atoms with Crippen LogP contribution in [0.15, 0.2) is 6.33 Å². The van der Waals surface area contributed by atoms with Gasteiger partial charge < -0.3 is 9.30 Å². The highest BCUT2D eigenvalue weighted by Gasteiger charge is 2.20. The van der Waals surface area contributed by atoms with Crippen LogP contribution in [0, 0.1) is 0 Å². The summed E-state index contributed by atoms with van der Waals surface area (Å²) in [6.07, 6.45) is 2.17. The Morgan fingerprint density at radius 3 is 2.94 bits per heavy atom. The molecule has 1 aliphatic rings. The van der Waals surface area contributed by atoms with Gasteiger partial charge in [0.2, 0.25) is 0 Å². The highest BCUT2D eigenvalue weighted by molar-refractivity contribution is 5.70. The number of carbonyl (C=O) groups is 1. The highest BCUT2D eigenvalue weighted by atomic mass is 16.6. The van der Waals surface area contributed by atoms with Crippen LogP contribution >= 0.6 is 0 Å². The third-order valence-corrected chi connectivity index (χ3v) is 2.77. The molecule has 0 saturated carbocycles. The zero-order valence-corrected chi connectivity index (χ0v) is 11.2. The van der Waals surface area contributed by atoms with Crippen molar-refractivity contribution in [2.45, 2.75) is 45.9 Å². The van der Waals surface area contributed by atoms with E-state index in [4.69, 9.17) is 4.74 Å². The van der Waals surface area contributed by atoms with Gasteiger partial charge in [-0.2, -0.15) is 0 Å². The fraction of sp³-hybridized carbons (Fsp3) is 0.750. The molecule has 0 bridgehead atoms. The normalized spacial score (nSPS) is 16.4. The molecular weight excluding hydrogens is 232 g/mol. The minimum absolute atomic E-state index is 0.144. The number of ether oxygens (including phenoxy) is 1. The lowest BCUT2D eigenvalue weighted by Gasteiger charge is -2.27.